The first-order chi connectivity index (χ1) is 13.3. The Morgan fingerprint density at radius 2 is 1.96 bits per heavy atom. The SMILES string of the molecule is CCC(=O)N[C@@H](C(=O)N[C@@H]1C(=O)N2C(C(=O)O)=C(Cl)CCC12)c1ccccc1. The number of nitrogens with one attached hydrogen (secondary N) is 2. The summed E-state index contributed by atoms with van der Waals surface area (Å²) in [7, 11) is 0. The van der Waals surface area contributed by atoms with E-state index in [1.165, 1.54) is 0 Å². The lowest BCUT2D eigenvalue weighted by atomic mass is 9.86. The molecule has 28 heavy (non-hydrogen) atoms. The van der Waals surface area contributed by atoms with Gasteiger partial charge in [0.1, 0.15) is 17.8 Å². The molecule has 2 heterocycles. The van der Waals surface area contributed by atoms with E-state index >= 15 is 0 Å². The first-order valence-electron chi connectivity index (χ1n) is 8.94. The molecule has 1 fully saturated rings. The van der Waals surface area contributed by atoms with Crippen LogP contribution in [0.3, 0.4) is 0 Å². The summed E-state index contributed by atoms with van der Waals surface area (Å²) in [6.07, 6.45) is 0.975. The van der Waals surface area contributed by atoms with E-state index in [1.807, 2.05) is 0 Å². The van der Waals surface area contributed by atoms with E-state index in [9.17, 15) is 24.3 Å². The van der Waals surface area contributed by atoms with Crippen LogP contribution in [0.1, 0.15) is 37.8 Å². The molecule has 1 aromatic rings. The Hall–Kier alpha value is -2.87. The number of carbonyl (C=O) groups excluding carboxylic acids is 3. The van der Waals surface area contributed by atoms with Crippen LogP contribution in [0.15, 0.2) is 41.1 Å². The zero-order valence-corrected chi connectivity index (χ0v) is 15.9. The summed E-state index contributed by atoms with van der Waals surface area (Å²) in [5, 5.41) is 14.8. The van der Waals surface area contributed by atoms with Gasteiger partial charge in [-0.2, -0.15) is 0 Å². The Kier molecular flexibility index (Phi) is 5.69. The second-order valence-corrected chi connectivity index (χ2v) is 7.08. The number of rotatable bonds is 6. The molecule has 3 rings (SSSR count). The highest BCUT2D eigenvalue weighted by Gasteiger charge is 2.53. The van der Waals surface area contributed by atoms with Crippen LogP contribution in [0.4, 0.5) is 0 Å². The molecule has 0 radical (unpaired) electrons. The monoisotopic (exact) mass is 405 g/mol. The standard InChI is InChI=1S/C19H20ClN3O5/c1-2-13(24)21-14(10-6-4-3-5-7-10)17(25)22-15-12-9-8-11(20)16(19(27)28)23(12)18(15)26/h3-7,12,14-15H,2,8-9H2,1H3,(H,21,24)(H,22,25)(H,27,28)/t12?,14-,15+/m1/s1. The van der Waals surface area contributed by atoms with Crippen molar-refractivity contribution in [3.63, 3.8) is 0 Å². The Balaban J connectivity index is 1.77. The molecule has 3 N–H and O–H groups in total. The van der Waals surface area contributed by atoms with Crippen LogP contribution in [-0.2, 0) is 19.2 Å². The fourth-order valence-electron chi connectivity index (χ4n) is 3.46. The first kappa shape index (κ1) is 19.9. The molecule has 3 amide bonds. The fourth-order valence-corrected chi connectivity index (χ4v) is 3.74. The minimum Gasteiger partial charge on any atom is -0.477 e. The van der Waals surface area contributed by atoms with Crippen molar-refractivity contribution in [1.82, 2.24) is 15.5 Å². The van der Waals surface area contributed by atoms with Crippen LogP contribution in [-0.4, -0.2) is 45.8 Å². The molecule has 148 valence electrons. The van der Waals surface area contributed by atoms with Crippen molar-refractivity contribution < 1.29 is 24.3 Å². The third kappa shape index (κ3) is 3.60. The first-order valence-corrected chi connectivity index (χ1v) is 9.32. The Labute approximate surface area is 166 Å². The number of halogens is 1. The van der Waals surface area contributed by atoms with Gasteiger partial charge in [0.25, 0.3) is 5.91 Å². The van der Waals surface area contributed by atoms with Crippen LogP contribution in [0.2, 0.25) is 0 Å². The normalized spacial score (nSPS) is 22.1. The zero-order chi connectivity index (χ0) is 20.4. The molecule has 1 unspecified atom stereocenters. The number of benzene rings is 1. The van der Waals surface area contributed by atoms with Crippen LogP contribution in [0, 0.1) is 0 Å². The molecule has 0 bridgehead atoms. The topological polar surface area (TPSA) is 116 Å². The summed E-state index contributed by atoms with van der Waals surface area (Å²) in [6.45, 7) is 1.67. The van der Waals surface area contributed by atoms with E-state index in [0.717, 1.165) is 4.90 Å². The highest BCUT2D eigenvalue weighted by atomic mass is 35.5. The summed E-state index contributed by atoms with van der Waals surface area (Å²) in [5.41, 5.74) is 0.357. The quantitative estimate of drug-likeness (QED) is 0.616. The molecule has 1 saturated heterocycles. The maximum absolute atomic E-state index is 12.8. The van der Waals surface area contributed by atoms with E-state index < -0.39 is 35.9 Å². The minimum absolute atomic E-state index is 0.124. The van der Waals surface area contributed by atoms with Crippen molar-refractivity contribution in [3.05, 3.63) is 46.6 Å². The largest absolute Gasteiger partial charge is 0.477 e. The fraction of sp³-hybridized carbons (Fsp3) is 0.368. The maximum Gasteiger partial charge on any atom is 0.353 e. The molecule has 0 saturated carbocycles. The molecule has 3 atom stereocenters. The van der Waals surface area contributed by atoms with Crippen molar-refractivity contribution in [1.29, 1.82) is 0 Å². The van der Waals surface area contributed by atoms with Gasteiger partial charge in [-0.3, -0.25) is 19.3 Å². The number of allylic oxidation sites excluding steroid dienone is 1. The lowest BCUT2D eigenvalue weighted by Crippen LogP contribution is -2.72. The number of carboxylic acids is 1. The number of carboxylic acid groups (broad SMARTS) is 1. The average Bonchev–Trinajstić information content (AvgIpc) is 2.69. The molecule has 2 aliphatic heterocycles. The third-order valence-electron chi connectivity index (χ3n) is 4.90. The average molecular weight is 406 g/mol. The maximum atomic E-state index is 12.8. The highest BCUT2D eigenvalue weighted by Crippen LogP contribution is 2.38. The summed E-state index contributed by atoms with van der Waals surface area (Å²) in [5.74, 6) is -2.62. The molecule has 0 aliphatic carbocycles. The van der Waals surface area contributed by atoms with Crippen molar-refractivity contribution in [2.24, 2.45) is 0 Å². The van der Waals surface area contributed by atoms with Gasteiger partial charge in [-0.05, 0) is 18.4 Å². The van der Waals surface area contributed by atoms with Gasteiger partial charge in [0, 0.05) is 11.5 Å². The number of β-lactam (4-membered cyclic amide) rings is 1. The van der Waals surface area contributed by atoms with Gasteiger partial charge >= 0.3 is 5.97 Å². The second-order valence-electron chi connectivity index (χ2n) is 6.62. The zero-order valence-electron chi connectivity index (χ0n) is 15.1. The summed E-state index contributed by atoms with van der Waals surface area (Å²) in [4.78, 5) is 49.7. The number of nitrogens with zero attached hydrogens (tertiary/aromatic N) is 1. The van der Waals surface area contributed by atoms with Gasteiger partial charge in [0.05, 0.1) is 6.04 Å². The summed E-state index contributed by atoms with van der Waals surface area (Å²) < 4.78 is 0. The summed E-state index contributed by atoms with van der Waals surface area (Å²) >= 11 is 5.96. The van der Waals surface area contributed by atoms with E-state index in [-0.39, 0.29) is 23.1 Å². The molecular weight excluding hydrogens is 386 g/mol. The van der Waals surface area contributed by atoms with Crippen LogP contribution >= 0.6 is 11.6 Å². The van der Waals surface area contributed by atoms with Crippen molar-refractivity contribution in [2.45, 2.75) is 44.3 Å². The predicted octanol–water partition coefficient (Wildman–Crippen LogP) is 1.28. The van der Waals surface area contributed by atoms with E-state index in [4.69, 9.17) is 11.6 Å². The Morgan fingerprint density at radius 3 is 2.57 bits per heavy atom. The van der Waals surface area contributed by atoms with E-state index in [0.29, 0.717) is 18.4 Å². The lowest BCUT2D eigenvalue weighted by Gasteiger charge is -2.49. The molecule has 1 aromatic carbocycles. The number of aliphatic carboxylic acids is 1. The smallest absolute Gasteiger partial charge is 0.353 e. The number of hydrogen-bond donors (Lipinski definition) is 3. The second kappa shape index (κ2) is 8.02. The van der Waals surface area contributed by atoms with Gasteiger partial charge in [0.15, 0.2) is 0 Å². The number of amides is 3. The minimum atomic E-state index is -1.27. The molecule has 8 nitrogen and oxygen atoms in total. The van der Waals surface area contributed by atoms with Crippen molar-refractivity contribution in [3.8, 4) is 0 Å². The number of hydrogen-bond acceptors (Lipinski definition) is 4. The van der Waals surface area contributed by atoms with Crippen LogP contribution in [0.25, 0.3) is 0 Å². The lowest BCUT2D eigenvalue weighted by molar-refractivity contribution is -0.156. The van der Waals surface area contributed by atoms with Gasteiger partial charge < -0.3 is 15.7 Å². The Bertz CT molecular complexity index is 854. The summed E-state index contributed by atoms with van der Waals surface area (Å²) in [6, 6.07) is 6.44. The van der Waals surface area contributed by atoms with Crippen molar-refractivity contribution in [2.75, 3.05) is 0 Å². The molecular formula is C19H20ClN3O5. The number of carbonyl (C=O) groups is 4. The molecule has 0 spiro atoms. The van der Waals surface area contributed by atoms with Crippen molar-refractivity contribution >= 4 is 35.3 Å². The van der Waals surface area contributed by atoms with E-state index in [2.05, 4.69) is 10.6 Å². The molecule has 9 heteroatoms. The Morgan fingerprint density at radius 1 is 1.29 bits per heavy atom. The molecule has 0 aromatic heterocycles. The van der Waals surface area contributed by atoms with E-state index in [1.54, 1.807) is 37.3 Å². The van der Waals surface area contributed by atoms with Gasteiger partial charge in [-0.25, -0.2) is 4.79 Å². The van der Waals surface area contributed by atoms with Gasteiger partial charge in [0.2, 0.25) is 11.8 Å². The van der Waals surface area contributed by atoms with Crippen LogP contribution < -0.4 is 10.6 Å². The van der Waals surface area contributed by atoms with Gasteiger partial charge in [-0.1, -0.05) is 48.9 Å². The number of fused-ring (bicyclic) bond motifs is 1. The third-order valence-corrected chi connectivity index (χ3v) is 5.27. The predicted molar refractivity (Wildman–Crippen MR) is 99.9 cm³/mol. The van der Waals surface area contributed by atoms with Gasteiger partial charge in [-0.15, -0.1) is 0 Å². The highest BCUT2D eigenvalue weighted by molar-refractivity contribution is 6.32. The molecule has 2 aliphatic rings. The van der Waals surface area contributed by atoms with Crippen LogP contribution in [0.5, 0.6) is 0 Å².